The summed E-state index contributed by atoms with van der Waals surface area (Å²) in [5.41, 5.74) is 1.09. The molecule has 2 fully saturated rings. The fourth-order valence-corrected chi connectivity index (χ4v) is 2.05. The average molecular weight is 193 g/mol. The van der Waals surface area contributed by atoms with Gasteiger partial charge in [0, 0.05) is 13.1 Å². The van der Waals surface area contributed by atoms with E-state index in [9.17, 15) is 0 Å². The summed E-state index contributed by atoms with van der Waals surface area (Å²) < 4.78 is 5.49. The molecule has 3 rings (SSSR count). The third kappa shape index (κ3) is 1.35. The average Bonchev–Trinajstić information content (AvgIpc) is 2.65. The second-order valence-electron chi connectivity index (χ2n) is 4.11. The van der Waals surface area contributed by atoms with E-state index >= 15 is 0 Å². The molecule has 2 saturated heterocycles. The van der Waals surface area contributed by atoms with Crippen LogP contribution in [0.3, 0.4) is 0 Å². The first-order valence-corrected chi connectivity index (χ1v) is 5.33. The number of hydrogen-bond donors (Lipinski definition) is 2. The van der Waals surface area contributed by atoms with Crippen molar-refractivity contribution in [1.82, 2.24) is 15.6 Å². The van der Waals surface area contributed by atoms with E-state index < -0.39 is 0 Å². The zero-order valence-electron chi connectivity index (χ0n) is 8.12. The molecular formula is C10H15N3O. The molecule has 14 heavy (non-hydrogen) atoms. The number of nitrogens with zero attached hydrogens (tertiary/aromatic N) is 1. The lowest BCUT2D eigenvalue weighted by Gasteiger charge is -2.23. The highest BCUT2D eigenvalue weighted by Gasteiger charge is 2.26. The van der Waals surface area contributed by atoms with E-state index in [4.69, 9.17) is 4.42 Å². The Kier molecular flexibility index (Phi) is 2.03. The SMILES string of the molecule is c1oc(C2CNC2)nc1C1CCCN1. The first-order valence-electron chi connectivity index (χ1n) is 5.33. The zero-order valence-corrected chi connectivity index (χ0v) is 8.12. The maximum absolute atomic E-state index is 5.49. The zero-order chi connectivity index (χ0) is 9.38. The molecule has 1 unspecified atom stereocenters. The van der Waals surface area contributed by atoms with Crippen molar-refractivity contribution < 1.29 is 4.42 Å². The minimum atomic E-state index is 0.431. The van der Waals surface area contributed by atoms with Gasteiger partial charge in [0.1, 0.15) is 6.26 Å². The van der Waals surface area contributed by atoms with Crippen molar-refractivity contribution >= 4 is 0 Å². The molecule has 4 nitrogen and oxygen atoms in total. The molecule has 2 aliphatic heterocycles. The number of nitrogens with one attached hydrogen (secondary N) is 2. The molecule has 0 aliphatic carbocycles. The number of rotatable bonds is 2. The molecule has 0 bridgehead atoms. The van der Waals surface area contributed by atoms with Gasteiger partial charge >= 0.3 is 0 Å². The summed E-state index contributed by atoms with van der Waals surface area (Å²) in [5.74, 6) is 1.41. The summed E-state index contributed by atoms with van der Waals surface area (Å²) in [6, 6.07) is 0.431. The van der Waals surface area contributed by atoms with Crippen molar-refractivity contribution in [3.63, 3.8) is 0 Å². The molecule has 2 aliphatic rings. The van der Waals surface area contributed by atoms with Crippen molar-refractivity contribution in [2.75, 3.05) is 19.6 Å². The number of hydrogen-bond acceptors (Lipinski definition) is 4. The molecule has 0 amide bonds. The minimum absolute atomic E-state index is 0.431. The molecule has 1 atom stereocenters. The van der Waals surface area contributed by atoms with Crippen LogP contribution in [-0.2, 0) is 0 Å². The Hall–Kier alpha value is -0.870. The van der Waals surface area contributed by atoms with Crippen LogP contribution in [0.15, 0.2) is 10.7 Å². The highest BCUT2D eigenvalue weighted by molar-refractivity contribution is 5.09. The Labute approximate surface area is 83.1 Å². The van der Waals surface area contributed by atoms with Crippen molar-refractivity contribution in [3.05, 3.63) is 17.8 Å². The largest absolute Gasteiger partial charge is 0.448 e. The van der Waals surface area contributed by atoms with Crippen molar-refractivity contribution in [2.24, 2.45) is 0 Å². The maximum Gasteiger partial charge on any atom is 0.199 e. The topological polar surface area (TPSA) is 50.1 Å². The smallest absolute Gasteiger partial charge is 0.199 e. The fourth-order valence-electron chi connectivity index (χ4n) is 2.05. The van der Waals surface area contributed by atoms with Gasteiger partial charge in [-0.2, -0.15) is 0 Å². The summed E-state index contributed by atoms with van der Waals surface area (Å²) in [6.07, 6.45) is 4.25. The summed E-state index contributed by atoms with van der Waals surface area (Å²) in [4.78, 5) is 4.55. The maximum atomic E-state index is 5.49. The molecule has 3 heterocycles. The second kappa shape index (κ2) is 3.37. The third-order valence-corrected chi connectivity index (χ3v) is 3.09. The summed E-state index contributed by atoms with van der Waals surface area (Å²) in [6.45, 7) is 3.13. The Morgan fingerprint density at radius 1 is 1.43 bits per heavy atom. The molecule has 0 spiro atoms. The quantitative estimate of drug-likeness (QED) is 0.729. The van der Waals surface area contributed by atoms with Crippen LogP contribution in [0.2, 0.25) is 0 Å². The van der Waals surface area contributed by atoms with Gasteiger partial charge in [-0.3, -0.25) is 0 Å². The van der Waals surface area contributed by atoms with Crippen molar-refractivity contribution in [2.45, 2.75) is 24.8 Å². The standard InChI is InChI=1S/C10H15N3O/c1-2-8(12-3-1)9-6-14-10(13-9)7-4-11-5-7/h6-8,11-12H,1-5H2. The van der Waals surface area contributed by atoms with Crippen LogP contribution in [0.4, 0.5) is 0 Å². The van der Waals surface area contributed by atoms with Crippen LogP contribution in [0, 0.1) is 0 Å². The third-order valence-electron chi connectivity index (χ3n) is 3.09. The van der Waals surface area contributed by atoms with Gasteiger partial charge in [0.05, 0.1) is 17.7 Å². The van der Waals surface area contributed by atoms with E-state index in [2.05, 4.69) is 15.6 Å². The van der Waals surface area contributed by atoms with Gasteiger partial charge in [-0.25, -0.2) is 4.98 Å². The highest BCUT2D eigenvalue weighted by atomic mass is 16.3. The molecule has 0 saturated carbocycles. The number of oxazole rings is 1. The van der Waals surface area contributed by atoms with Gasteiger partial charge in [-0.05, 0) is 19.4 Å². The number of aromatic nitrogens is 1. The fraction of sp³-hybridized carbons (Fsp3) is 0.700. The van der Waals surface area contributed by atoms with E-state index in [-0.39, 0.29) is 0 Å². The Morgan fingerprint density at radius 2 is 2.36 bits per heavy atom. The predicted molar refractivity (Wildman–Crippen MR) is 52.1 cm³/mol. The van der Waals surface area contributed by atoms with E-state index in [0.29, 0.717) is 12.0 Å². The first kappa shape index (κ1) is 8.44. The lowest BCUT2D eigenvalue weighted by Crippen LogP contribution is -2.40. The van der Waals surface area contributed by atoms with Crippen LogP contribution in [0.1, 0.15) is 36.4 Å². The Bertz CT molecular complexity index is 313. The van der Waals surface area contributed by atoms with Crippen LogP contribution < -0.4 is 10.6 Å². The lowest BCUT2D eigenvalue weighted by molar-refractivity contribution is 0.357. The second-order valence-corrected chi connectivity index (χ2v) is 4.11. The normalized spacial score (nSPS) is 27.9. The molecule has 1 aromatic heterocycles. The Balaban J connectivity index is 1.75. The molecular weight excluding hydrogens is 178 g/mol. The Morgan fingerprint density at radius 3 is 3.00 bits per heavy atom. The summed E-state index contributed by atoms with van der Waals surface area (Å²) in [7, 11) is 0. The van der Waals surface area contributed by atoms with Crippen molar-refractivity contribution in [3.8, 4) is 0 Å². The molecule has 4 heteroatoms. The lowest BCUT2D eigenvalue weighted by atomic mass is 10.0. The predicted octanol–water partition coefficient (Wildman–Crippen LogP) is 0.786. The molecule has 2 N–H and O–H groups in total. The monoisotopic (exact) mass is 193 g/mol. The highest BCUT2D eigenvalue weighted by Crippen LogP contribution is 2.25. The van der Waals surface area contributed by atoms with E-state index in [1.807, 2.05) is 6.26 Å². The van der Waals surface area contributed by atoms with Crippen molar-refractivity contribution in [1.29, 1.82) is 0 Å². The van der Waals surface area contributed by atoms with Gasteiger partial charge in [0.15, 0.2) is 5.89 Å². The van der Waals surface area contributed by atoms with Gasteiger partial charge in [-0.15, -0.1) is 0 Å². The summed E-state index contributed by atoms with van der Waals surface area (Å²) in [5, 5.41) is 6.65. The summed E-state index contributed by atoms with van der Waals surface area (Å²) >= 11 is 0. The molecule has 0 aromatic carbocycles. The minimum Gasteiger partial charge on any atom is -0.448 e. The van der Waals surface area contributed by atoms with Gasteiger partial charge in [0.2, 0.25) is 0 Å². The van der Waals surface area contributed by atoms with E-state index in [1.54, 1.807) is 0 Å². The molecule has 0 radical (unpaired) electrons. The van der Waals surface area contributed by atoms with E-state index in [0.717, 1.165) is 31.2 Å². The van der Waals surface area contributed by atoms with Crippen LogP contribution >= 0.6 is 0 Å². The molecule has 1 aromatic rings. The van der Waals surface area contributed by atoms with E-state index in [1.165, 1.54) is 12.8 Å². The van der Waals surface area contributed by atoms with Gasteiger partial charge in [-0.1, -0.05) is 0 Å². The van der Waals surface area contributed by atoms with Gasteiger partial charge in [0.25, 0.3) is 0 Å². The molecule has 76 valence electrons. The van der Waals surface area contributed by atoms with Crippen LogP contribution in [0.25, 0.3) is 0 Å². The van der Waals surface area contributed by atoms with Gasteiger partial charge < -0.3 is 15.1 Å². The first-order chi connectivity index (χ1) is 6.93. The van der Waals surface area contributed by atoms with Crippen LogP contribution in [-0.4, -0.2) is 24.6 Å². The van der Waals surface area contributed by atoms with Crippen LogP contribution in [0.5, 0.6) is 0 Å².